The van der Waals surface area contributed by atoms with Crippen molar-refractivity contribution in [3.8, 4) is 0 Å². The Morgan fingerprint density at radius 2 is 1.83 bits per heavy atom. The molecule has 2 aromatic rings. The molecule has 2 aromatic carbocycles. The highest BCUT2D eigenvalue weighted by atomic mass is 35.5. The minimum absolute atomic E-state index is 0.00621. The zero-order chi connectivity index (χ0) is 30.2. The molecular weight excluding hydrogens is 524 g/mol. The van der Waals surface area contributed by atoms with Gasteiger partial charge in [0.05, 0.1) is 0 Å². The van der Waals surface area contributed by atoms with Gasteiger partial charge in [0.2, 0.25) is 0 Å². The molecule has 1 heterocycles. The van der Waals surface area contributed by atoms with Crippen LogP contribution in [-0.4, -0.2) is 29.9 Å². The smallest absolute Gasteiger partial charge is 0.253 e. The maximum absolute atomic E-state index is 13.5. The van der Waals surface area contributed by atoms with Crippen LogP contribution in [0.3, 0.4) is 0 Å². The van der Waals surface area contributed by atoms with E-state index in [-0.39, 0.29) is 17.4 Å². The fourth-order valence-electron chi connectivity index (χ4n) is 4.87. The highest BCUT2D eigenvalue weighted by molar-refractivity contribution is 6.33. The number of amides is 1. The van der Waals surface area contributed by atoms with Gasteiger partial charge in [0.1, 0.15) is 0 Å². The molecule has 1 N–H and O–H groups in total. The van der Waals surface area contributed by atoms with Crippen molar-refractivity contribution < 1.29 is 4.79 Å². The van der Waals surface area contributed by atoms with Crippen molar-refractivity contribution in [2.45, 2.75) is 73.9 Å². The molecule has 0 bridgehead atoms. The number of allylic oxidation sites excluding steroid dienone is 9. The van der Waals surface area contributed by atoms with Gasteiger partial charge in [-0.2, -0.15) is 0 Å². The van der Waals surface area contributed by atoms with Gasteiger partial charge in [-0.15, -0.1) is 0 Å². The summed E-state index contributed by atoms with van der Waals surface area (Å²) in [7, 11) is 0. The summed E-state index contributed by atoms with van der Waals surface area (Å²) < 4.78 is 0. The summed E-state index contributed by atoms with van der Waals surface area (Å²) in [4.78, 5) is 15.4. The number of aryl methyl sites for hydroxylation is 1. The lowest BCUT2D eigenvalue weighted by atomic mass is 9.85. The van der Waals surface area contributed by atoms with Crippen molar-refractivity contribution >= 4 is 23.1 Å². The minimum Gasteiger partial charge on any atom is -0.337 e. The van der Waals surface area contributed by atoms with Crippen LogP contribution in [0.4, 0.5) is 0 Å². The molecular formula is C37H47ClN2O. The standard InChI is InChI=1S/C37H47ClN2O/c1-9-12-31(22-28(5)37(6,7)8)27(4)21-30(10-2)34-19-18-32(23-35(34)38)36(41)40-20-11-13-33(25-40)39-24-29-16-14-26(3)15-17-29/h9-10,12,14-19,21-23,33,39H,5,11,13,20,24-25H2,1-4,6-8H3/b12-9-,27-21+,30-10+,31-22+. The van der Waals surface area contributed by atoms with E-state index in [1.165, 1.54) is 11.1 Å². The number of piperidine rings is 1. The lowest BCUT2D eigenvalue weighted by Crippen LogP contribution is -2.47. The molecule has 1 unspecified atom stereocenters. The summed E-state index contributed by atoms with van der Waals surface area (Å²) in [5.41, 5.74) is 8.39. The molecule has 0 saturated carbocycles. The highest BCUT2D eigenvalue weighted by Gasteiger charge is 2.25. The predicted octanol–water partition coefficient (Wildman–Crippen LogP) is 9.50. The maximum Gasteiger partial charge on any atom is 0.253 e. The number of carbonyl (C=O) groups is 1. The molecule has 1 aliphatic rings. The summed E-state index contributed by atoms with van der Waals surface area (Å²) in [5, 5.41) is 4.22. The molecule has 41 heavy (non-hydrogen) atoms. The van der Waals surface area contributed by atoms with E-state index >= 15 is 0 Å². The number of halogens is 1. The summed E-state index contributed by atoms with van der Waals surface area (Å²) in [6.45, 7) is 21.3. The average molecular weight is 571 g/mol. The van der Waals surface area contributed by atoms with Gasteiger partial charge < -0.3 is 10.2 Å². The molecule has 1 atom stereocenters. The highest BCUT2D eigenvalue weighted by Crippen LogP contribution is 2.31. The van der Waals surface area contributed by atoms with Crippen molar-refractivity contribution in [2.75, 3.05) is 13.1 Å². The number of hydrogen-bond donors (Lipinski definition) is 1. The lowest BCUT2D eigenvalue weighted by molar-refractivity contribution is 0.0694. The molecule has 1 amide bonds. The van der Waals surface area contributed by atoms with E-state index in [4.69, 9.17) is 11.6 Å². The molecule has 1 aliphatic heterocycles. The first-order valence-corrected chi connectivity index (χ1v) is 15.1. The summed E-state index contributed by atoms with van der Waals surface area (Å²) in [5.74, 6) is 0.0352. The number of carbonyl (C=O) groups excluding carboxylic acids is 1. The molecule has 1 saturated heterocycles. The predicted molar refractivity (Wildman–Crippen MR) is 177 cm³/mol. The monoisotopic (exact) mass is 570 g/mol. The lowest BCUT2D eigenvalue weighted by Gasteiger charge is -2.33. The van der Waals surface area contributed by atoms with E-state index in [0.717, 1.165) is 53.8 Å². The van der Waals surface area contributed by atoms with Crippen LogP contribution in [0.25, 0.3) is 5.57 Å². The Morgan fingerprint density at radius 1 is 1.12 bits per heavy atom. The first kappa shape index (κ1) is 32.4. The van der Waals surface area contributed by atoms with E-state index in [9.17, 15) is 4.79 Å². The van der Waals surface area contributed by atoms with Crippen LogP contribution in [0.15, 0.2) is 96.1 Å². The Balaban J connectivity index is 1.74. The van der Waals surface area contributed by atoms with Gasteiger partial charge in [0.15, 0.2) is 0 Å². The third kappa shape index (κ3) is 9.18. The Morgan fingerprint density at radius 3 is 2.44 bits per heavy atom. The zero-order valence-corrected chi connectivity index (χ0v) is 26.7. The molecule has 4 heteroatoms. The molecule has 0 aliphatic carbocycles. The zero-order valence-electron chi connectivity index (χ0n) is 26.0. The van der Waals surface area contributed by atoms with E-state index in [0.29, 0.717) is 17.1 Å². The third-order valence-corrected chi connectivity index (χ3v) is 8.04. The molecule has 218 valence electrons. The van der Waals surface area contributed by atoms with E-state index < -0.39 is 0 Å². The van der Waals surface area contributed by atoms with E-state index in [2.05, 4.69) is 95.1 Å². The second-order valence-corrected chi connectivity index (χ2v) is 12.5. The molecule has 3 rings (SSSR count). The van der Waals surface area contributed by atoms with Crippen molar-refractivity contribution in [1.82, 2.24) is 10.2 Å². The van der Waals surface area contributed by atoms with Crippen LogP contribution in [0.5, 0.6) is 0 Å². The van der Waals surface area contributed by atoms with Crippen molar-refractivity contribution in [1.29, 1.82) is 0 Å². The number of nitrogens with zero attached hydrogens (tertiary/aromatic N) is 1. The van der Waals surface area contributed by atoms with Gasteiger partial charge in [0, 0.05) is 41.8 Å². The normalized spacial score (nSPS) is 17.3. The van der Waals surface area contributed by atoms with Gasteiger partial charge in [0.25, 0.3) is 5.91 Å². The molecule has 3 nitrogen and oxygen atoms in total. The minimum atomic E-state index is -0.00621. The van der Waals surface area contributed by atoms with Crippen LogP contribution in [-0.2, 0) is 6.54 Å². The molecule has 1 fully saturated rings. The number of nitrogens with one attached hydrogen (secondary N) is 1. The second-order valence-electron chi connectivity index (χ2n) is 12.1. The molecule has 0 aromatic heterocycles. The summed E-state index contributed by atoms with van der Waals surface area (Å²) >= 11 is 6.82. The third-order valence-electron chi connectivity index (χ3n) is 7.73. The quantitative estimate of drug-likeness (QED) is 0.304. The SMILES string of the molecule is C=C(/C=C(\C=C/C)C(/C)=C/C(=C\C)c1ccc(C(=O)N2CCCC(NCc3ccc(C)cc3)C2)cc1Cl)C(C)(C)C. The Hall–Kier alpha value is -3.14. The number of benzene rings is 2. The van der Waals surface area contributed by atoms with E-state index in [1.807, 2.05) is 43.0 Å². The van der Waals surface area contributed by atoms with Crippen molar-refractivity contribution in [3.63, 3.8) is 0 Å². The fraction of sp³-hybridized carbons (Fsp3) is 0.378. The number of likely N-dealkylation sites (tertiary alicyclic amines) is 1. The van der Waals surface area contributed by atoms with Gasteiger partial charge in [-0.1, -0.05) is 105 Å². The second kappa shape index (κ2) is 14.7. The maximum atomic E-state index is 13.5. The largest absolute Gasteiger partial charge is 0.337 e. The fourth-order valence-corrected chi connectivity index (χ4v) is 5.16. The van der Waals surface area contributed by atoms with Crippen LogP contribution < -0.4 is 5.32 Å². The van der Waals surface area contributed by atoms with Crippen molar-refractivity contribution in [3.05, 3.63) is 123 Å². The van der Waals surface area contributed by atoms with Crippen molar-refractivity contribution in [2.24, 2.45) is 5.41 Å². The van der Waals surface area contributed by atoms with Crippen LogP contribution in [0.2, 0.25) is 5.02 Å². The van der Waals surface area contributed by atoms with Gasteiger partial charge >= 0.3 is 0 Å². The Labute approximate surface area is 253 Å². The molecule has 0 spiro atoms. The topological polar surface area (TPSA) is 32.3 Å². The van der Waals surface area contributed by atoms with Crippen LogP contribution in [0.1, 0.15) is 81.4 Å². The summed E-state index contributed by atoms with van der Waals surface area (Å²) in [6, 6.07) is 14.6. The molecule has 0 radical (unpaired) electrons. The summed E-state index contributed by atoms with van der Waals surface area (Å²) in [6.07, 6.45) is 12.6. The Bertz CT molecular complexity index is 1350. The first-order chi connectivity index (χ1) is 19.4. The average Bonchev–Trinajstić information content (AvgIpc) is 2.94. The number of hydrogen-bond acceptors (Lipinski definition) is 2. The van der Waals surface area contributed by atoms with Crippen LogP contribution >= 0.6 is 11.6 Å². The number of rotatable bonds is 9. The Kier molecular flexibility index (Phi) is 11.6. The van der Waals surface area contributed by atoms with Gasteiger partial charge in [-0.25, -0.2) is 0 Å². The van der Waals surface area contributed by atoms with E-state index in [1.54, 1.807) is 0 Å². The van der Waals surface area contributed by atoms with Crippen LogP contribution in [0, 0.1) is 12.3 Å². The first-order valence-electron chi connectivity index (χ1n) is 14.7. The van der Waals surface area contributed by atoms with Gasteiger partial charge in [-0.05, 0) is 85.9 Å². The van der Waals surface area contributed by atoms with Gasteiger partial charge in [-0.3, -0.25) is 4.79 Å².